The first-order valence-corrected chi connectivity index (χ1v) is 8.85. The molecule has 0 atom stereocenters. The van der Waals surface area contributed by atoms with E-state index in [0.29, 0.717) is 23.0 Å². The first kappa shape index (κ1) is 18.5. The Morgan fingerprint density at radius 2 is 2.15 bits per heavy atom. The number of methoxy groups -OCH3 is 1. The molecule has 0 aliphatic carbocycles. The minimum Gasteiger partial charge on any atom is -0.495 e. The molecule has 3 aromatic rings. The summed E-state index contributed by atoms with van der Waals surface area (Å²) in [6, 6.07) is 9.99. The zero-order valence-electron chi connectivity index (χ0n) is 14.6. The van der Waals surface area contributed by atoms with E-state index in [2.05, 4.69) is 15.5 Å². The van der Waals surface area contributed by atoms with Crippen LogP contribution in [0.2, 0.25) is 0 Å². The molecule has 0 saturated heterocycles. The third kappa shape index (κ3) is 4.29. The van der Waals surface area contributed by atoms with E-state index in [-0.39, 0.29) is 22.6 Å². The molecule has 0 spiro atoms. The summed E-state index contributed by atoms with van der Waals surface area (Å²) in [6.45, 7) is 1.72. The third-order valence-electron chi connectivity index (χ3n) is 3.48. The van der Waals surface area contributed by atoms with Gasteiger partial charge in [0, 0.05) is 12.1 Å². The molecule has 10 heteroatoms. The number of nitrogens with two attached hydrogens (primary N) is 1. The van der Waals surface area contributed by atoms with Gasteiger partial charge in [0.1, 0.15) is 17.3 Å². The van der Waals surface area contributed by atoms with Crippen LogP contribution < -0.4 is 21.3 Å². The quantitative estimate of drug-likeness (QED) is 0.485. The van der Waals surface area contributed by atoms with E-state index in [9.17, 15) is 9.59 Å². The van der Waals surface area contributed by atoms with Gasteiger partial charge in [0.15, 0.2) is 11.0 Å². The van der Waals surface area contributed by atoms with E-state index < -0.39 is 5.56 Å². The molecule has 140 valence electrons. The van der Waals surface area contributed by atoms with Crippen molar-refractivity contribution in [3.63, 3.8) is 0 Å². The molecule has 0 unspecified atom stereocenters. The van der Waals surface area contributed by atoms with Crippen molar-refractivity contribution < 1.29 is 14.1 Å². The molecule has 2 aromatic heterocycles. The fraction of sp³-hybridized carbons (Fsp3) is 0.176. The highest BCUT2D eigenvalue weighted by Gasteiger charge is 2.16. The molecule has 0 aliphatic heterocycles. The van der Waals surface area contributed by atoms with Crippen molar-refractivity contribution in [1.29, 1.82) is 0 Å². The number of nitrogens with one attached hydrogen (secondary N) is 1. The monoisotopic (exact) mass is 387 g/mol. The zero-order chi connectivity index (χ0) is 19.4. The van der Waals surface area contributed by atoms with Crippen LogP contribution in [0, 0.1) is 6.92 Å². The number of ether oxygens (including phenoxy) is 1. The smallest absolute Gasteiger partial charge is 0.275 e. The second-order valence-electron chi connectivity index (χ2n) is 5.47. The van der Waals surface area contributed by atoms with E-state index in [4.69, 9.17) is 15.0 Å². The first-order chi connectivity index (χ1) is 13.0. The molecule has 0 fully saturated rings. The maximum atomic E-state index is 12.2. The Morgan fingerprint density at radius 3 is 2.85 bits per heavy atom. The van der Waals surface area contributed by atoms with Gasteiger partial charge in [-0.05, 0) is 19.1 Å². The molecule has 9 nitrogen and oxygen atoms in total. The number of aryl methyl sites for hydroxylation is 1. The summed E-state index contributed by atoms with van der Waals surface area (Å²) in [5.74, 6) is 1.32. The topological polar surface area (TPSA) is 125 Å². The van der Waals surface area contributed by atoms with Crippen LogP contribution in [0.25, 0.3) is 5.69 Å². The normalized spacial score (nSPS) is 10.6. The Hall–Kier alpha value is -3.27. The number of rotatable bonds is 6. The number of para-hydroxylation sites is 2. The van der Waals surface area contributed by atoms with Crippen LogP contribution >= 0.6 is 11.8 Å². The largest absolute Gasteiger partial charge is 0.495 e. The maximum absolute atomic E-state index is 12.2. The lowest BCUT2D eigenvalue weighted by atomic mass is 10.3. The Balaban J connectivity index is 1.86. The highest BCUT2D eigenvalue weighted by Crippen LogP contribution is 2.28. The molecular weight excluding hydrogens is 370 g/mol. The summed E-state index contributed by atoms with van der Waals surface area (Å²) < 4.78 is 11.8. The summed E-state index contributed by atoms with van der Waals surface area (Å²) in [4.78, 5) is 28.0. The van der Waals surface area contributed by atoms with Gasteiger partial charge >= 0.3 is 0 Å². The van der Waals surface area contributed by atoms with Crippen LogP contribution in [0.4, 0.5) is 11.6 Å². The number of benzene rings is 1. The third-order valence-corrected chi connectivity index (χ3v) is 4.42. The van der Waals surface area contributed by atoms with E-state index in [1.165, 1.54) is 13.2 Å². The second kappa shape index (κ2) is 7.96. The fourth-order valence-corrected chi connectivity index (χ4v) is 3.19. The van der Waals surface area contributed by atoms with Crippen molar-refractivity contribution in [2.75, 3.05) is 23.9 Å². The van der Waals surface area contributed by atoms with Crippen LogP contribution in [0.5, 0.6) is 5.75 Å². The summed E-state index contributed by atoms with van der Waals surface area (Å²) >= 11 is 1.07. The van der Waals surface area contributed by atoms with Crippen LogP contribution in [0.15, 0.2) is 50.9 Å². The van der Waals surface area contributed by atoms with Gasteiger partial charge in [0.2, 0.25) is 5.91 Å². The van der Waals surface area contributed by atoms with E-state index in [1.54, 1.807) is 29.7 Å². The number of carbonyl (C=O) groups is 1. The van der Waals surface area contributed by atoms with Crippen LogP contribution in [-0.2, 0) is 4.79 Å². The summed E-state index contributed by atoms with van der Waals surface area (Å²) in [5, 5.41) is 6.59. The van der Waals surface area contributed by atoms with E-state index >= 15 is 0 Å². The number of hydrogen-bond acceptors (Lipinski definition) is 8. The average molecular weight is 387 g/mol. The lowest BCUT2D eigenvalue weighted by Gasteiger charge is -2.17. The first-order valence-electron chi connectivity index (χ1n) is 7.87. The van der Waals surface area contributed by atoms with Crippen LogP contribution in [-0.4, -0.2) is 33.5 Å². The second-order valence-corrected chi connectivity index (χ2v) is 6.41. The standard InChI is InChI=1S/C17H17N5O4S/c1-10-7-14(21-26-10)19-16(24)9-27-17-20-15(23)8-13(18)22(17)11-5-3-4-6-12(11)25-2/h3-8H,9,18H2,1-2H3,(H,19,21,24). The number of thioether (sulfide) groups is 1. The van der Waals surface area contributed by atoms with Gasteiger partial charge in [0.25, 0.3) is 5.56 Å². The van der Waals surface area contributed by atoms with Crippen molar-refractivity contribution in [2.45, 2.75) is 12.1 Å². The van der Waals surface area contributed by atoms with Gasteiger partial charge < -0.3 is 20.3 Å². The molecule has 2 heterocycles. The molecule has 1 aromatic carbocycles. The maximum Gasteiger partial charge on any atom is 0.275 e. The van der Waals surface area contributed by atoms with Crippen molar-refractivity contribution in [3.8, 4) is 11.4 Å². The SMILES string of the molecule is COc1ccccc1-n1c(N)cc(=O)nc1SCC(=O)Nc1cc(C)on1. The van der Waals surface area contributed by atoms with E-state index in [1.807, 2.05) is 12.1 Å². The number of nitrogen functional groups attached to an aromatic ring is 1. The van der Waals surface area contributed by atoms with Crippen molar-refractivity contribution in [3.05, 3.63) is 52.5 Å². The molecule has 0 aliphatic rings. The van der Waals surface area contributed by atoms with Crippen molar-refractivity contribution in [1.82, 2.24) is 14.7 Å². The number of anilines is 2. The summed E-state index contributed by atoms with van der Waals surface area (Å²) in [7, 11) is 1.53. The van der Waals surface area contributed by atoms with Gasteiger partial charge in [0.05, 0.1) is 18.6 Å². The molecule has 0 bridgehead atoms. The molecule has 3 rings (SSSR count). The van der Waals surface area contributed by atoms with Gasteiger partial charge in [-0.3, -0.25) is 14.2 Å². The zero-order valence-corrected chi connectivity index (χ0v) is 15.4. The highest BCUT2D eigenvalue weighted by atomic mass is 32.2. The molecule has 0 saturated carbocycles. The van der Waals surface area contributed by atoms with Gasteiger partial charge in [-0.15, -0.1) is 0 Å². The molecular formula is C17H17N5O4S. The lowest BCUT2D eigenvalue weighted by molar-refractivity contribution is -0.113. The Bertz CT molecular complexity index is 1030. The Labute approximate surface area is 158 Å². The molecule has 1 amide bonds. The predicted molar refractivity (Wildman–Crippen MR) is 101 cm³/mol. The number of hydrogen-bond donors (Lipinski definition) is 2. The molecule has 0 radical (unpaired) electrons. The van der Waals surface area contributed by atoms with Crippen LogP contribution in [0.1, 0.15) is 5.76 Å². The van der Waals surface area contributed by atoms with Crippen molar-refractivity contribution in [2.24, 2.45) is 0 Å². The minimum absolute atomic E-state index is 0.00303. The lowest BCUT2D eigenvalue weighted by Crippen LogP contribution is -2.19. The van der Waals surface area contributed by atoms with Gasteiger partial charge in [-0.2, -0.15) is 4.98 Å². The average Bonchev–Trinajstić information content (AvgIpc) is 3.04. The van der Waals surface area contributed by atoms with E-state index in [0.717, 1.165) is 11.8 Å². The predicted octanol–water partition coefficient (Wildman–Crippen LogP) is 1.85. The highest BCUT2D eigenvalue weighted by molar-refractivity contribution is 7.99. The van der Waals surface area contributed by atoms with Gasteiger partial charge in [-0.25, -0.2) is 0 Å². The summed E-state index contributed by atoms with van der Waals surface area (Å²) in [5.41, 5.74) is 6.16. The molecule has 27 heavy (non-hydrogen) atoms. The number of amides is 1. The summed E-state index contributed by atoms with van der Waals surface area (Å²) in [6.07, 6.45) is 0. The fourth-order valence-electron chi connectivity index (χ4n) is 2.37. The Kier molecular flexibility index (Phi) is 5.46. The number of aromatic nitrogens is 3. The number of carbonyl (C=O) groups excluding carboxylic acids is 1. The van der Waals surface area contributed by atoms with Gasteiger partial charge in [-0.1, -0.05) is 29.1 Å². The van der Waals surface area contributed by atoms with Crippen molar-refractivity contribution >= 4 is 29.3 Å². The Morgan fingerprint density at radius 1 is 1.37 bits per heavy atom. The minimum atomic E-state index is -0.492. The number of nitrogens with zero attached hydrogens (tertiary/aromatic N) is 3. The molecule has 3 N–H and O–H groups in total. The van der Waals surface area contributed by atoms with Crippen LogP contribution in [0.3, 0.4) is 0 Å².